The van der Waals surface area contributed by atoms with Crippen molar-refractivity contribution in [3.63, 3.8) is 0 Å². The second kappa shape index (κ2) is 8.91. The van der Waals surface area contributed by atoms with Gasteiger partial charge in [0, 0.05) is 31.1 Å². The Bertz CT molecular complexity index is 985. The number of alkyl halides is 6. The van der Waals surface area contributed by atoms with Crippen molar-refractivity contribution in [2.24, 2.45) is 0 Å². The highest BCUT2D eigenvalue weighted by molar-refractivity contribution is 5.45. The summed E-state index contributed by atoms with van der Waals surface area (Å²) in [7, 11) is 0. The molecule has 3 nitrogen and oxygen atoms in total. The average Bonchev–Trinajstić information content (AvgIpc) is 3.02. The summed E-state index contributed by atoms with van der Waals surface area (Å²) in [6.45, 7) is 1.80. The van der Waals surface area contributed by atoms with Crippen LogP contribution in [0.4, 0.5) is 32.2 Å². The van der Waals surface area contributed by atoms with E-state index in [1.165, 1.54) is 12.1 Å². The number of fused-ring (bicyclic) bond motifs is 2. The Morgan fingerprint density at radius 1 is 0.970 bits per heavy atom. The summed E-state index contributed by atoms with van der Waals surface area (Å²) in [5.41, 5.74) is -1.02. The van der Waals surface area contributed by atoms with Crippen LogP contribution < -0.4 is 9.64 Å². The largest absolute Gasteiger partial charge is 0.490 e. The van der Waals surface area contributed by atoms with Gasteiger partial charge < -0.3 is 9.64 Å². The van der Waals surface area contributed by atoms with E-state index in [9.17, 15) is 26.3 Å². The molecule has 0 N–H and O–H groups in total. The second-order valence-electron chi connectivity index (χ2n) is 8.50. The van der Waals surface area contributed by atoms with E-state index in [2.05, 4.69) is 9.88 Å². The van der Waals surface area contributed by atoms with Gasteiger partial charge in [-0.05, 0) is 62.1 Å². The van der Waals surface area contributed by atoms with Gasteiger partial charge in [0.2, 0.25) is 0 Å². The molecular formula is C24H24F6N2O. The molecule has 2 saturated heterocycles. The van der Waals surface area contributed by atoms with Crippen LogP contribution in [-0.2, 0) is 18.8 Å². The predicted octanol–water partition coefficient (Wildman–Crippen LogP) is 6.82. The number of nitrogens with zero attached hydrogens (tertiary/aromatic N) is 2. The fraction of sp³-hybridized carbons (Fsp3) is 0.458. The fourth-order valence-electron chi connectivity index (χ4n) is 4.76. The molecule has 2 fully saturated rings. The quantitative estimate of drug-likeness (QED) is 0.354. The zero-order chi connectivity index (χ0) is 23.8. The standard InChI is InChI=1S/C24H24F6N2O/c1-2-3-4-15-11-16(23(25,26)27)5-9-21(15)33-20-12-18-7-8-19(13-20)32(18)22-10-6-17(14-31-22)24(28,29)30/h2-3,5-6,9-11,14,18-20H,4,7-8,12-13H2,1H3. The van der Waals surface area contributed by atoms with Gasteiger partial charge in [-0.1, -0.05) is 12.2 Å². The molecule has 0 saturated carbocycles. The SMILES string of the molecule is CC=CCc1cc(C(F)(F)F)ccc1OC1CC2CCC(C1)N2c1ccc(C(F)(F)F)cn1. The summed E-state index contributed by atoms with van der Waals surface area (Å²) in [5, 5.41) is 0. The highest BCUT2D eigenvalue weighted by Crippen LogP contribution is 2.41. The Morgan fingerprint density at radius 3 is 2.15 bits per heavy atom. The molecule has 1 aromatic carbocycles. The second-order valence-corrected chi connectivity index (χ2v) is 8.50. The van der Waals surface area contributed by atoms with Crippen LogP contribution in [0.5, 0.6) is 5.75 Å². The number of ether oxygens (including phenoxy) is 1. The lowest BCUT2D eigenvalue weighted by Gasteiger charge is -2.40. The van der Waals surface area contributed by atoms with Crippen molar-refractivity contribution in [3.05, 3.63) is 65.4 Å². The van der Waals surface area contributed by atoms with E-state index in [0.717, 1.165) is 37.2 Å². The lowest BCUT2D eigenvalue weighted by molar-refractivity contribution is -0.138. The molecule has 0 spiro atoms. The topological polar surface area (TPSA) is 25.4 Å². The van der Waals surface area contributed by atoms with Crippen molar-refractivity contribution in [1.82, 2.24) is 4.98 Å². The van der Waals surface area contributed by atoms with Crippen LogP contribution in [0.15, 0.2) is 48.7 Å². The van der Waals surface area contributed by atoms with Gasteiger partial charge in [-0.3, -0.25) is 0 Å². The minimum atomic E-state index is -4.43. The van der Waals surface area contributed by atoms with Gasteiger partial charge >= 0.3 is 12.4 Å². The first-order chi connectivity index (χ1) is 15.6. The fourth-order valence-corrected chi connectivity index (χ4v) is 4.76. The summed E-state index contributed by atoms with van der Waals surface area (Å²) in [4.78, 5) is 6.11. The molecule has 2 aliphatic rings. The predicted molar refractivity (Wildman–Crippen MR) is 112 cm³/mol. The molecule has 0 aliphatic carbocycles. The van der Waals surface area contributed by atoms with E-state index in [0.29, 0.717) is 36.4 Å². The maximum absolute atomic E-state index is 13.2. The number of hydrogen-bond acceptors (Lipinski definition) is 3. The van der Waals surface area contributed by atoms with E-state index in [1.807, 2.05) is 0 Å². The van der Waals surface area contributed by atoms with Crippen molar-refractivity contribution in [1.29, 1.82) is 0 Å². The number of piperidine rings is 1. The third-order valence-electron chi connectivity index (χ3n) is 6.28. The van der Waals surface area contributed by atoms with Crippen LogP contribution in [0, 0.1) is 0 Å². The Balaban J connectivity index is 1.49. The molecule has 0 radical (unpaired) electrons. The zero-order valence-corrected chi connectivity index (χ0v) is 18.0. The van der Waals surface area contributed by atoms with Gasteiger partial charge in [-0.2, -0.15) is 26.3 Å². The molecule has 0 amide bonds. The third kappa shape index (κ3) is 5.12. The molecule has 2 unspecified atom stereocenters. The number of aromatic nitrogens is 1. The number of benzene rings is 1. The molecule has 2 atom stereocenters. The maximum Gasteiger partial charge on any atom is 0.417 e. The summed E-state index contributed by atoms with van der Waals surface area (Å²) in [5.74, 6) is 0.948. The van der Waals surface area contributed by atoms with E-state index >= 15 is 0 Å². The molecule has 4 rings (SSSR count). The first-order valence-corrected chi connectivity index (χ1v) is 10.9. The zero-order valence-electron chi connectivity index (χ0n) is 18.0. The molecule has 2 aromatic rings. The maximum atomic E-state index is 13.2. The molecule has 178 valence electrons. The van der Waals surface area contributed by atoms with Crippen LogP contribution in [0.2, 0.25) is 0 Å². The molecule has 2 bridgehead atoms. The number of halogens is 6. The van der Waals surface area contributed by atoms with Crippen molar-refractivity contribution in [2.45, 2.75) is 69.6 Å². The number of rotatable bonds is 5. The van der Waals surface area contributed by atoms with E-state index < -0.39 is 23.5 Å². The van der Waals surface area contributed by atoms with Crippen LogP contribution >= 0.6 is 0 Å². The summed E-state index contributed by atoms with van der Waals surface area (Å²) < 4.78 is 84.2. The van der Waals surface area contributed by atoms with Crippen LogP contribution in [0.25, 0.3) is 0 Å². The number of hydrogen-bond donors (Lipinski definition) is 0. The van der Waals surface area contributed by atoms with Gasteiger partial charge in [-0.15, -0.1) is 0 Å². The number of allylic oxidation sites excluding steroid dienone is 2. The van der Waals surface area contributed by atoms with Crippen LogP contribution in [-0.4, -0.2) is 23.2 Å². The normalized spacial score (nSPS) is 23.4. The van der Waals surface area contributed by atoms with Gasteiger partial charge in [0.05, 0.1) is 11.1 Å². The Labute approximate surface area is 188 Å². The first kappa shape index (κ1) is 23.4. The Kier molecular flexibility index (Phi) is 6.33. The van der Waals surface area contributed by atoms with Crippen molar-refractivity contribution in [2.75, 3.05) is 4.90 Å². The van der Waals surface area contributed by atoms with Crippen molar-refractivity contribution in [3.8, 4) is 5.75 Å². The smallest absolute Gasteiger partial charge is 0.417 e. The van der Waals surface area contributed by atoms with E-state index in [-0.39, 0.29) is 18.2 Å². The van der Waals surface area contributed by atoms with Gasteiger partial charge in [0.25, 0.3) is 0 Å². The van der Waals surface area contributed by atoms with Crippen molar-refractivity contribution < 1.29 is 31.1 Å². The first-order valence-electron chi connectivity index (χ1n) is 10.9. The lowest BCUT2D eigenvalue weighted by atomic mass is 9.99. The molecule has 1 aromatic heterocycles. The minimum Gasteiger partial charge on any atom is -0.490 e. The third-order valence-corrected chi connectivity index (χ3v) is 6.28. The van der Waals surface area contributed by atoms with Crippen molar-refractivity contribution >= 4 is 5.82 Å². The Morgan fingerprint density at radius 2 is 1.61 bits per heavy atom. The summed E-state index contributed by atoms with van der Waals surface area (Å²) in [6, 6.07) is 6.11. The number of anilines is 1. The van der Waals surface area contributed by atoms with Gasteiger partial charge in [0.1, 0.15) is 17.7 Å². The van der Waals surface area contributed by atoms with Gasteiger partial charge in [-0.25, -0.2) is 4.98 Å². The highest BCUT2D eigenvalue weighted by Gasteiger charge is 2.43. The van der Waals surface area contributed by atoms with E-state index in [4.69, 9.17) is 4.74 Å². The molecule has 33 heavy (non-hydrogen) atoms. The van der Waals surface area contributed by atoms with Gasteiger partial charge in [0.15, 0.2) is 0 Å². The monoisotopic (exact) mass is 470 g/mol. The Hall–Kier alpha value is -2.71. The molecule has 2 aliphatic heterocycles. The van der Waals surface area contributed by atoms with Crippen LogP contribution in [0.3, 0.4) is 0 Å². The molecular weight excluding hydrogens is 446 g/mol. The van der Waals surface area contributed by atoms with E-state index in [1.54, 1.807) is 19.1 Å². The summed E-state index contributed by atoms with van der Waals surface area (Å²) in [6.07, 6.45) is -1.31. The highest BCUT2D eigenvalue weighted by atomic mass is 19.4. The molecule has 3 heterocycles. The average molecular weight is 470 g/mol. The lowest BCUT2D eigenvalue weighted by Crippen LogP contribution is -2.47. The minimum absolute atomic E-state index is 0.0615. The molecule has 9 heteroatoms. The van der Waals surface area contributed by atoms with Crippen LogP contribution in [0.1, 0.15) is 49.3 Å². The number of pyridine rings is 1. The summed E-state index contributed by atoms with van der Waals surface area (Å²) >= 11 is 0.